The summed E-state index contributed by atoms with van der Waals surface area (Å²) >= 11 is 7.45. The Morgan fingerprint density at radius 3 is 2.67 bits per heavy atom. The quantitative estimate of drug-likeness (QED) is 0.389. The van der Waals surface area contributed by atoms with Crippen LogP contribution in [0.25, 0.3) is 0 Å². The van der Waals surface area contributed by atoms with E-state index in [4.69, 9.17) is 4.74 Å². The van der Waals surface area contributed by atoms with Crippen molar-refractivity contribution in [1.82, 2.24) is 0 Å². The second kappa shape index (κ2) is 6.63. The van der Waals surface area contributed by atoms with Crippen molar-refractivity contribution in [3.63, 3.8) is 0 Å². The number of hydrogen-bond acceptors (Lipinski definition) is 5. The first-order chi connectivity index (χ1) is 9.88. The fourth-order valence-corrected chi connectivity index (χ4v) is 3.34. The molecule has 0 aliphatic carbocycles. The molecule has 0 saturated carbocycles. The number of carbonyl (C=O) groups is 1. The van der Waals surface area contributed by atoms with Crippen LogP contribution in [0, 0.1) is 15.9 Å². The molecule has 0 fully saturated rings. The molecule has 1 heterocycles. The molecule has 21 heavy (non-hydrogen) atoms. The molecule has 1 aromatic heterocycles. The highest BCUT2D eigenvalue weighted by Gasteiger charge is 2.22. The van der Waals surface area contributed by atoms with Crippen LogP contribution in [0.5, 0.6) is 5.75 Å². The number of thiophene rings is 1. The van der Waals surface area contributed by atoms with Gasteiger partial charge in [0.05, 0.1) is 24.1 Å². The third kappa shape index (κ3) is 3.86. The Balaban J connectivity index is 2.20. The summed E-state index contributed by atoms with van der Waals surface area (Å²) in [6.45, 7) is -0.377. The molecule has 1 aromatic carbocycles. The Hall–Kier alpha value is -1.32. The van der Waals surface area contributed by atoms with Crippen LogP contribution in [0.2, 0.25) is 0 Å². The lowest BCUT2D eigenvalue weighted by atomic mass is 10.3. The van der Waals surface area contributed by atoms with Crippen LogP contribution in [0.4, 0.5) is 10.1 Å². The molecule has 0 N–H and O–H groups in total. The smallest absolute Gasteiger partial charge is 0.315 e. The maximum absolute atomic E-state index is 13.2. The summed E-state index contributed by atoms with van der Waals surface area (Å²) in [6, 6.07) is 5.11. The van der Waals surface area contributed by atoms with Gasteiger partial charge >= 0.3 is 5.69 Å². The Morgan fingerprint density at radius 2 is 2.10 bits per heavy atom. The topological polar surface area (TPSA) is 69.4 Å². The zero-order valence-corrected chi connectivity index (χ0v) is 14.1. The van der Waals surface area contributed by atoms with E-state index < -0.39 is 16.4 Å². The summed E-state index contributed by atoms with van der Waals surface area (Å²) in [5, 5.41) is 10.9. The molecule has 0 amide bonds. The van der Waals surface area contributed by atoms with E-state index in [1.165, 1.54) is 11.3 Å². The number of halogens is 3. The maximum Gasteiger partial charge on any atom is 0.315 e. The number of rotatable bonds is 5. The van der Waals surface area contributed by atoms with Gasteiger partial charge in [-0.15, -0.1) is 11.3 Å². The first kappa shape index (κ1) is 16.1. The molecule has 0 aliphatic rings. The first-order valence-corrected chi connectivity index (χ1v) is 7.83. The molecule has 0 saturated heterocycles. The molecule has 2 rings (SSSR count). The number of nitrogens with zero attached hydrogens (tertiary/aromatic N) is 1. The molecular weight excluding hydrogens is 433 g/mol. The van der Waals surface area contributed by atoms with Gasteiger partial charge in [0, 0.05) is 0 Å². The summed E-state index contributed by atoms with van der Waals surface area (Å²) in [5.41, 5.74) is -0.540. The third-order valence-electron chi connectivity index (χ3n) is 2.38. The van der Waals surface area contributed by atoms with Gasteiger partial charge in [0.15, 0.2) is 6.61 Å². The standard InChI is InChI=1S/C12H6Br2FNO4S/c13-7-3-6(15)4-8(16(18)19)12(7)20-5-9(17)10-1-2-11(14)21-10/h1-4H,5H2. The molecule has 0 radical (unpaired) electrons. The summed E-state index contributed by atoms with van der Waals surface area (Å²) in [5.74, 6) is -1.27. The van der Waals surface area contributed by atoms with Crippen LogP contribution in [0.1, 0.15) is 9.67 Å². The molecule has 0 unspecified atom stereocenters. The van der Waals surface area contributed by atoms with Crippen LogP contribution in [-0.4, -0.2) is 17.3 Å². The van der Waals surface area contributed by atoms with Crippen LogP contribution >= 0.6 is 43.2 Å². The van der Waals surface area contributed by atoms with Crippen molar-refractivity contribution in [2.75, 3.05) is 6.61 Å². The summed E-state index contributed by atoms with van der Waals surface area (Å²) in [6.07, 6.45) is 0. The van der Waals surface area contributed by atoms with E-state index in [0.29, 0.717) is 4.88 Å². The monoisotopic (exact) mass is 437 g/mol. The molecule has 5 nitrogen and oxygen atoms in total. The van der Waals surface area contributed by atoms with E-state index >= 15 is 0 Å². The highest BCUT2D eigenvalue weighted by Crippen LogP contribution is 2.36. The lowest BCUT2D eigenvalue weighted by Crippen LogP contribution is -2.11. The van der Waals surface area contributed by atoms with Crippen molar-refractivity contribution in [1.29, 1.82) is 0 Å². The molecule has 0 spiro atoms. The van der Waals surface area contributed by atoms with E-state index in [1.54, 1.807) is 12.1 Å². The van der Waals surface area contributed by atoms with Gasteiger partial charge in [-0.1, -0.05) is 0 Å². The summed E-state index contributed by atoms with van der Waals surface area (Å²) in [7, 11) is 0. The van der Waals surface area contributed by atoms with E-state index in [-0.39, 0.29) is 22.6 Å². The van der Waals surface area contributed by atoms with E-state index in [2.05, 4.69) is 31.9 Å². The van der Waals surface area contributed by atoms with E-state index in [0.717, 1.165) is 15.9 Å². The Kier molecular flexibility index (Phi) is 5.07. The van der Waals surface area contributed by atoms with Crippen molar-refractivity contribution in [2.45, 2.75) is 0 Å². The molecule has 110 valence electrons. The van der Waals surface area contributed by atoms with E-state index in [9.17, 15) is 19.3 Å². The molecular formula is C12H6Br2FNO4S. The second-order valence-corrected chi connectivity index (χ2v) is 7.13. The highest BCUT2D eigenvalue weighted by atomic mass is 79.9. The number of benzene rings is 1. The van der Waals surface area contributed by atoms with Gasteiger partial charge in [0.25, 0.3) is 0 Å². The Morgan fingerprint density at radius 1 is 1.38 bits per heavy atom. The fourth-order valence-electron chi connectivity index (χ4n) is 1.50. The predicted molar refractivity (Wildman–Crippen MR) is 82.6 cm³/mol. The largest absolute Gasteiger partial charge is 0.478 e. The minimum atomic E-state index is -0.769. The number of carbonyl (C=O) groups excluding carboxylic acids is 1. The number of nitro groups is 1. The lowest BCUT2D eigenvalue weighted by molar-refractivity contribution is -0.386. The van der Waals surface area contributed by atoms with Crippen molar-refractivity contribution in [3.8, 4) is 5.75 Å². The number of Topliss-reactive ketones (excluding diaryl/α,β-unsaturated/α-hetero) is 1. The zero-order chi connectivity index (χ0) is 15.6. The van der Waals surface area contributed by atoms with Crippen LogP contribution in [0.15, 0.2) is 32.5 Å². The van der Waals surface area contributed by atoms with Gasteiger partial charge < -0.3 is 4.74 Å². The Labute approximate surface area is 139 Å². The zero-order valence-electron chi connectivity index (χ0n) is 10.1. The minimum Gasteiger partial charge on any atom is -0.478 e. The third-order valence-corrected chi connectivity index (χ3v) is 4.63. The molecule has 0 atom stereocenters. The SMILES string of the molecule is O=C(COc1c(Br)cc(F)cc1[N+](=O)[O-])c1ccc(Br)s1. The van der Waals surface area contributed by atoms with Gasteiger partial charge in [-0.3, -0.25) is 14.9 Å². The number of nitro benzene ring substituents is 1. The number of ketones is 1. The Bertz CT molecular complexity index is 719. The van der Waals surface area contributed by atoms with Crippen molar-refractivity contribution in [3.05, 3.63) is 53.3 Å². The lowest BCUT2D eigenvalue weighted by Gasteiger charge is -2.07. The average Bonchev–Trinajstić information content (AvgIpc) is 2.83. The highest BCUT2D eigenvalue weighted by molar-refractivity contribution is 9.11. The van der Waals surface area contributed by atoms with Crippen molar-refractivity contribution >= 4 is 54.7 Å². The second-order valence-electron chi connectivity index (χ2n) is 3.81. The molecule has 0 bridgehead atoms. The van der Waals surface area contributed by atoms with Gasteiger partial charge in [-0.2, -0.15) is 0 Å². The number of ether oxygens (including phenoxy) is 1. The van der Waals surface area contributed by atoms with Crippen LogP contribution < -0.4 is 4.74 Å². The average molecular weight is 439 g/mol. The van der Waals surface area contributed by atoms with Crippen molar-refractivity contribution in [2.24, 2.45) is 0 Å². The minimum absolute atomic E-state index is 0.0781. The molecule has 0 aliphatic heterocycles. The van der Waals surface area contributed by atoms with Gasteiger partial charge in [-0.25, -0.2) is 4.39 Å². The van der Waals surface area contributed by atoms with Crippen LogP contribution in [-0.2, 0) is 0 Å². The van der Waals surface area contributed by atoms with E-state index in [1.807, 2.05) is 0 Å². The fraction of sp³-hybridized carbons (Fsp3) is 0.0833. The predicted octanol–water partition coefficient (Wildman–Crippen LogP) is 4.58. The van der Waals surface area contributed by atoms with Gasteiger partial charge in [-0.05, 0) is 50.1 Å². The van der Waals surface area contributed by atoms with Gasteiger partial charge in [0.2, 0.25) is 11.5 Å². The van der Waals surface area contributed by atoms with Crippen molar-refractivity contribution < 1.29 is 18.8 Å². The summed E-state index contributed by atoms with van der Waals surface area (Å²) in [4.78, 5) is 22.5. The normalized spacial score (nSPS) is 10.4. The van der Waals surface area contributed by atoms with Crippen LogP contribution in [0.3, 0.4) is 0 Å². The van der Waals surface area contributed by atoms with Gasteiger partial charge in [0.1, 0.15) is 5.82 Å². The molecule has 9 heteroatoms. The number of hydrogen-bond donors (Lipinski definition) is 0. The first-order valence-electron chi connectivity index (χ1n) is 5.43. The molecule has 2 aromatic rings. The maximum atomic E-state index is 13.2. The summed E-state index contributed by atoms with van der Waals surface area (Å²) < 4.78 is 19.2.